The molecule has 8 atom stereocenters. The zero-order valence-corrected chi connectivity index (χ0v) is 21.4. The Balaban J connectivity index is 1.36. The van der Waals surface area contributed by atoms with Gasteiger partial charge in [0.2, 0.25) is 23.6 Å². The van der Waals surface area contributed by atoms with Crippen molar-refractivity contribution < 1.29 is 28.1 Å². The van der Waals surface area contributed by atoms with Gasteiger partial charge >= 0.3 is 0 Å². The second kappa shape index (κ2) is 7.72. The molecule has 8 heteroatoms. The predicted octanol–water partition coefficient (Wildman–Crippen LogP) is 0.443. The van der Waals surface area contributed by atoms with Crippen LogP contribution in [0.2, 0.25) is 0 Å². The second-order valence-electron chi connectivity index (χ2n) is 12.4. The van der Waals surface area contributed by atoms with Crippen LogP contribution in [0.4, 0.5) is 0 Å². The average Bonchev–Trinajstić information content (AvgIpc) is 3.15. The molecule has 2 saturated carbocycles. The van der Waals surface area contributed by atoms with Gasteiger partial charge in [-0.25, -0.2) is 0 Å². The molecule has 34 heavy (non-hydrogen) atoms. The quantitative estimate of drug-likeness (QED) is 0.292. The molecule has 8 nitrogen and oxygen atoms in total. The molecule has 2 bridgehead atoms. The molecular weight excluding hydrogens is 432 g/mol. The number of amides is 4. The van der Waals surface area contributed by atoms with Crippen LogP contribution in [0.5, 0.6) is 0 Å². The molecule has 0 radical (unpaired) electrons. The Bertz CT molecular complexity index is 916. The van der Waals surface area contributed by atoms with E-state index in [0.717, 1.165) is 35.1 Å². The highest BCUT2D eigenvalue weighted by Gasteiger charge is 2.74. The van der Waals surface area contributed by atoms with E-state index >= 15 is 0 Å². The third-order valence-corrected chi connectivity index (χ3v) is 10.1. The zero-order chi connectivity index (χ0) is 24.7. The molecule has 0 aromatic carbocycles. The number of rotatable bonds is 8. The first kappa shape index (κ1) is 23.7. The highest BCUT2D eigenvalue weighted by Crippen LogP contribution is 2.68. The molecular formula is C26H40N4O4+2. The van der Waals surface area contributed by atoms with Crippen molar-refractivity contribution in [1.82, 2.24) is 9.80 Å². The molecule has 0 aromatic rings. The lowest BCUT2D eigenvalue weighted by Gasteiger charge is -2.60. The summed E-state index contributed by atoms with van der Waals surface area (Å²) in [5, 5.41) is 0. The topological polar surface area (TPSA) is 74.8 Å². The Morgan fingerprint density at radius 3 is 1.26 bits per heavy atom. The molecule has 4 fully saturated rings. The molecule has 2 aliphatic heterocycles. The van der Waals surface area contributed by atoms with Crippen LogP contribution in [-0.4, -0.2) is 110 Å². The van der Waals surface area contributed by atoms with E-state index in [0.29, 0.717) is 13.1 Å². The van der Waals surface area contributed by atoms with Crippen molar-refractivity contribution in [2.45, 2.75) is 13.8 Å². The highest BCUT2D eigenvalue weighted by atomic mass is 16.2. The molecule has 2 saturated heterocycles. The summed E-state index contributed by atoms with van der Waals surface area (Å²) in [4.78, 5) is 56.7. The standard InChI is InChI=1S/C26H40N4O4/c1-7-29(3,4)13-11-27-23(31)19-15-9-10-16(20(19)24(27)32)18-17(15)21-22(18)26(34)28(25(21)33)12-14-30(5,6)8-2/h9-10,15-22H,7-8,11-14H2,1-6H3/q+2/t15-,16-,17-,18-,19-,20-,21-,22-/m1/s1. The summed E-state index contributed by atoms with van der Waals surface area (Å²) < 4.78 is 1.50. The van der Waals surface area contributed by atoms with Gasteiger partial charge in [0.15, 0.2) is 0 Å². The molecule has 4 aliphatic carbocycles. The van der Waals surface area contributed by atoms with Gasteiger partial charge in [-0.3, -0.25) is 29.0 Å². The molecule has 6 aliphatic rings. The third-order valence-electron chi connectivity index (χ3n) is 10.1. The van der Waals surface area contributed by atoms with E-state index < -0.39 is 0 Å². The molecule has 0 unspecified atom stereocenters. The third kappa shape index (κ3) is 3.17. The first-order valence-corrected chi connectivity index (χ1v) is 13.0. The minimum absolute atomic E-state index is 0.0101. The summed E-state index contributed by atoms with van der Waals surface area (Å²) in [5.74, 6) is -1.82. The molecule has 6 rings (SSSR count). The number of fused-ring (bicyclic) bond motifs is 1. The van der Waals surface area contributed by atoms with E-state index in [4.69, 9.17) is 0 Å². The molecule has 186 valence electrons. The Kier molecular flexibility index (Phi) is 5.37. The van der Waals surface area contributed by atoms with Crippen molar-refractivity contribution >= 4 is 23.6 Å². The van der Waals surface area contributed by atoms with Gasteiger partial charge in [-0.15, -0.1) is 0 Å². The number of likely N-dealkylation sites (N-methyl/N-ethyl adjacent to an activating group) is 2. The van der Waals surface area contributed by atoms with Crippen LogP contribution >= 0.6 is 0 Å². The first-order chi connectivity index (χ1) is 15.9. The largest absolute Gasteiger partial charge is 0.327 e. The van der Waals surface area contributed by atoms with Crippen LogP contribution in [0.1, 0.15) is 13.8 Å². The smallest absolute Gasteiger partial charge is 0.233 e. The summed E-state index contributed by atoms with van der Waals surface area (Å²) in [7, 11) is 8.42. The fraction of sp³-hybridized carbons (Fsp3) is 0.769. The molecule has 4 amide bonds. The maximum atomic E-state index is 13.5. The number of hydrogen-bond acceptors (Lipinski definition) is 4. The van der Waals surface area contributed by atoms with E-state index in [2.05, 4.69) is 54.2 Å². The van der Waals surface area contributed by atoms with Crippen LogP contribution in [0.25, 0.3) is 0 Å². The number of hydrogen-bond donors (Lipinski definition) is 0. The monoisotopic (exact) mass is 472 g/mol. The summed E-state index contributed by atoms with van der Waals surface area (Å²) in [6.07, 6.45) is 4.17. The summed E-state index contributed by atoms with van der Waals surface area (Å²) in [6, 6.07) is 0. The van der Waals surface area contributed by atoms with Gasteiger partial charge in [0.1, 0.15) is 0 Å². The van der Waals surface area contributed by atoms with E-state index in [-0.39, 0.29) is 71.0 Å². The maximum Gasteiger partial charge on any atom is 0.233 e. The normalized spacial score (nSPS) is 38.4. The highest BCUT2D eigenvalue weighted by molar-refractivity contribution is 6.09. The van der Waals surface area contributed by atoms with Gasteiger partial charge in [-0.2, -0.15) is 0 Å². The molecule has 0 N–H and O–H groups in total. The predicted molar refractivity (Wildman–Crippen MR) is 126 cm³/mol. The minimum atomic E-state index is -0.366. The fourth-order valence-corrected chi connectivity index (χ4v) is 7.22. The van der Waals surface area contributed by atoms with Crippen molar-refractivity contribution in [2.24, 2.45) is 47.3 Å². The zero-order valence-electron chi connectivity index (χ0n) is 21.4. The summed E-state index contributed by atoms with van der Waals surface area (Å²) in [6.45, 7) is 8.41. The van der Waals surface area contributed by atoms with Gasteiger partial charge in [0, 0.05) is 0 Å². The summed E-state index contributed by atoms with van der Waals surface area (Å²) >= 11 is 0. The van der Waals surface area contributed by atoms with Crippen LogP contribution < -0.4 is 0 Å². The Morgan fingerprint density at radius 2 is 0.941 bits per heavy atom. The molecule has 2 heterocycles. The average molecular weight is 473 g/mol. The van der Waals surface area contributed by atoms with Crippen LogP contribution in [-0.2, 0) is 19.2 Å². The van der Waals surface area contributed by atoms with E-state index in [1.807, 2.05) is 0 Å². The summed E-state index contributed by atoms with van der Waals surface area (Å²) in [5.41, 5.74) is 0. The van der Waals surface area contributed by atoms with E-state index in [9.17, 15) is 19.2 Å². The van der Waals surface area contributed by atoms with Crippen molar-refractivity contribution in [3.8, 4) is 0 Å². The van der Waals surface area contributed by atoms with Gasteiger partial charge in [0.25, 0.3) is 0 Å². The van der Waals surface area contributed by atoms with Crippen LogP contribution in [0, 0.1) is 47.3 Å². The van der Waals surface area contributed by atoms with Gasteiger partial charge < -0.3 is 8.97 Å². The number of nitrogens with zero attached hydrogens (tertiary/aromatic N) is 4. The first-order valence-electron chi connectivity index (χ1n) is 13.0. The number of quaternary nitrogens is 2. The van der Waals surface area contributed by atoms with E-state index in [1.165, 1.54) is 9.80 Å². The maximum absolute atomic E-state index is 13.5. The lowest BCUT2D eigenvalue weighted by molar-refractivity contribution is -0.887. The Morgan fingerprint density at radius 1 is 0.618 bits per heavy atom. The van der Waals surface area contributed by atoms with Crippen molar-refractivity contribution in [2.75, 3.05) is 67.5 Å². The number of imide groups is 2. The van der Waals surface area contributed by atoms with E-state index in [1.54, 1.807) is 0 Å². The second-order valence-corrected chi connectivity index (χ2v) is 12.4. The van der Waals surface area contributed by atoms with Crippen molar-refractivity contribution in [3.63, 3.8) is 0 Å². The van der Waals surface area contributed by atoms with Gasteiger partial charge in [-0.05, 0) is 37.5 Å². The lowest BCUT2D eigenvalue weighted by atomic mass is 9.40. The van der Waals surface area contributed by atoms with Crippen LogP contribution in [0.15, 0.2) is 12.2 Å². The fourth-order valence-electron chi connectivity index (χ4n) is 7.22. The van der Waals surface area contributed by atoms with Crippen LogP contribution in [0.3, 0.4) is 0 Å². The number of allylic oxidation sites excluding steroid dienone is 2. The lowest BCUT2D eigenvalue weighted by Crippen LogP contribution is -2.63. The van der Waals surface area contributed by atoms with Gasteiger partial charge in [-0.1, -0.05) is 12.2 Å². The Hall–Kier alpha value is -2.06. The number of carbonyl (C=O) groups is 4. The minimum Gasteiger partial charge on any atom is -0.327 e. The number of likely N-dealkylation sites (tertiary alicyclic amines) is 2. The Labute approximate surface area is 202 Å². The van der Waals surface area contributed by atoms with Crippen molar-refractivity contribution in [3.05, 3.63) is 12.2 Å². The SMILES string of the molecule is CC[N+](C)(C)CCN1C(=O)[C@@H]2[C@@H]3C=C[C@@H]([C@H]2C1=O)[C@H]1[C@H]2C(=O)N(CC[N+](C)(C)CC)C(=O)[C@@H]2[C@H]31. The number of carbonyl (C=O) groups excluding carboxylic acids is 4. The molecule has 0 spiro atoms. The van der Waals surface area contributed by atoms with Gasteiger partial charge in [0.05, 0.1) is 91.1 Å². The molecule has 0 aromatic heterocycles. The van der Waals surface area contributed by atoms with Crippen molar-refractivity contribution in [1.29, 1.82) is 0 Å².